The zero-order valence-corrected chi connectivity index (χ0v) is 13.3. The standard InChI is InChI=1S/C17H27N3O2/c1-22-15(12-18)11-17(21)19-13-16(20-9-5-6-10-20)14-7-3-2-4-8-14/h2-4,7-8,15-16H,5-6,9-13,18H2,1H3,(H,19,21). The van der Waals surface area contributed by atoms with Crippen LogP contribution in [0.3, 0.4) is 0 Å². The fourth-order valence-electron chi connectivity index (χ4n) is 2.94. The number of benzene rings is 1. The second kappa shape index (κ2) is 8.88. The molecule has 3 N–H and O–H groups in total. The zero-order valence-electron chi connectivity index (χ0n) is 13.3. The van der Waals surface area contributed by atoms with Gasteiger partial charge in [-0.2, -0.15) is 0 Å². The van der Waals surface area contributed by atoms with E-state index in [2.05, 4.69) is 34.5 Å². The summed E-state index contributed by atoms with van der Waals surface area (Å²) in [5.74, 6) is -0.00238. The second-order valence-corrected chi connectivity index (χ2v) is 5.77. The molecule has 0 spiro atoms. The van der Waals surface area contributed by atoms with E-state index in [1.165, 1.54) is 18.4 Å². The largest absolute Gasteiger partial charge is 0.380 e. The molecule has 1 aromatic carbocycles. The highest BCUT2D eigenvalue weighted by Gasteiger charge is 2.24. The Morgan fingerprint density at radius 1 is 1.32 bits per heavy atom. The number of hydrogen-bond acceptors (Lipinski definition) is 4. The lowest BCUT2D eigenvalue weighted by molar-refractivity contribution is -0.123. The number of amides is 1. The number of likely N-dealkylation sites (tertiary alicyclic amines) is 1. The molecule has 1 saturated heterocycles. The number of nitrogens with zero attached hydrogens (tertiary/aromatic N) is 1. The van der Waals surface area contributed by atoms with Crippen LogP contribution >= 0.6 is 0 Å². The quantitative estimate of drug-likeness (QED) is 0.760. The Morgan fingerprint density at radius 3 is 2.59 bits per heavy atom. The Kier molecular flexibility index (Phi) is 6.83. The van der Waals surface area contributed by atoms with Gasteiger partial charge in [-0.05, 0) is 31.5 Å². The SMILES string of the molecule is COC(CN)CC(=O)NCC(c1ccccc1)N1CCCC1. The van der Waals surface area contributed by atoms with Crippen LogP contribution in [-0.2, 0) is 9.53 Å². The number of rotatable bonds is 8. The molecule has 2 rings (SSSR count). The number of hydrogen-bond donors (Lipinski definition) is 2. The van der Waals surface area contributed by atoms with Gasteiger partial charge in [0, 0.05) is 20.2 Å². The summed E-state index contributed by atoms with van der Waals surface area (Å²) in [7, 11) is 1.59. The van der Waals surface area contributed by atoms with E-state index in [9.17, 15) is 4.79 Å². The Labute approximate surface area is 132 Å². The molecule has 1 fully saturated rings. The van der Waals surface area contributed by atoms with Gasteiger partial charge in [0.1, 0.15) is 0 Å². The lowest BCUT2D eigenvalue weighted by atomic mass is 10.1. The topological polar surface area (TPSA) is 67.6 Å². The Bertz CT molecular complexity index is 442. The number of nitrogens with two attached hydrogens (primary N) is 1. The zero-order chi connectivity index (χ0) is 15.8. The van der Waals surface area contributed by atoms with Gasteiger partial charge in [-0.15, -0.1) is 0 Å². The number of methoxy groups -OCH3 is 1. The van der Waals surface area contributed by atoms with Gasteiger partial charge in [0.05, 0.1) is 18.6 Å². The summed E-state index contributed by atoms with van der Waals surface area (Å²) in [5.41, 5.74) is 6.82. The molecular weight excluding hydrogens is 278 g/mol. The summed E-state index contributed by atoms with van der Waals surface area (Å²) >= 11 is 0. The fourth-order valence-corrected chi connectivity index (χ4v) is 2.94. The summed E-state index contributed by atoms with van der Waals surface area (Å²) in [6.45, 7) is 3.18. The molecule has 0 aliphatic carbocycles. The van der Waals surface area contributed by atoms with Crippen molar-refractivity contribution in [3.8, 4) is 0 Å². The van der Waals surface area contributed by atoms with Crippen molar-refractivity contribution in [2.45, 2.75) is 31.4 Å². The molecule has 1 aliphatic rings. The van der Waals surface area contributed by atoms with Gasteiger partial charge >= 0.3 is 0 Å². The van der Waals surface area contributed by atoms with Crippen LogP contribution in [0.15, 0.2) is 30.3 Å². The predicted octanol–water partition coefficient (Wildman–Crippen LogP) is 1.30. The van der Waals surface area contributed by atoms with E-state index < -0.39 is 0 Å². The molecule has 22 heavy (non-hydrogen) atoms. The van der Waals surface area contributed by atoms with Crippen LogP contribution in [0.2, 0.25) is 0 Å². The van der Waals surface area contributed by atoms with Crippen molar-refractivity contribution in [1.82, 2.24) is 10.2 Å². The van der Waals surface area contributed by atoms with Crippen LogP contribution in [0, 0.1) is 0 Å². The summed E-state index contributed by atoms with van der Waals surface area (Å²) in [4.78, 5) is 14.5. The third kappa shape index (κ3) is 4.80. The maximum Gasteiger partial charge on any atom is 0.222 e. The van der Waals surface area contributed by atoms with Crippen LogP contribution in [0.5, 0.6) is 0 Å². The minimum Gasteiger partial charge on any atom is -0.380 e. The Balaban J connectivity index is 1.94. The van der Waals surface area contributed by atoms with Crippen molar-refractivity contribution in [1.29, 1.82) is 0 Å². The molecule has 1 amide bonds. The van der Waals surface area contributed by atoms with Gasteiger partial charge in [0.15, 0.2) is 0 Å². The van der Waals surface area contributed by atoms with Crippen molar-refractivity contribution >= 4 is 5.91 Å². The first-order valence-electron chi connectivity index (χ1n) is 8.03. The maximum atomic E-state index is 12.1. The van der Waals surface area contributed by atoms with Gasteiger partial charge in [0.25, 0.3) is 0 Å². The molecule has 0 saturated carbocycles. The molecular formula is C17H27N3O2. The first kappa shape index (κ1) is 16.9. The van der Waals surface area contributed by atoms with Crippen molar-refractivity contribution in [3.63, 3.8) is 0 Å². The Hall–Kier alpha value is -1.43. The molecule has 1 aromatic rings. The third-order valence-electron chi connectivity index (χ3n) is 4.27. The maximum absolute atomic E-state index is 12.1. The summed E-state index contributed by atoms with van der Waals surface area (Å²) in [5, 5.41) is 3.04. The van der Waals surface area contributed by atoms with E-state index >= 15 is 0 Å². The average molecular weight is 305 g/mol. The number of nitrogens with one attached hydrogen (secondary N) is 1. The normalized spacial score (nSPS) is 18.1. The summed E-state index contributed by atoms with van der Waals surface area (Å²) in [6.07, 6.45) is 2.57. The predicted molar refractivity (Wildman–Crippen MR) is 87.5 cm³/mol. The molecule has 122 valence electrons. The average Bonchev–Trinajstić information content (AvgIpc) is 3.08. The highest BCUT2D eigenvalue weighted by atomic mass is 16.5. The van der Waals surface area contributed by atoms with E-state index in [0.29, 0.717) is 19.5 Å². The molecule has 0 bridgehead atoms. The van der Waals surface area contributed by atoms with E-state index in [0.717, 1.165) is 13.1 Å². The monoisotopic (exact) mass is 305 g/mol. The Morgan fingerprint density at radius 2 is 2.00 bits per heavy atom. The van der Waals surface area contributed by atoms with E-state index in [1.807, 2.05) is 6.07 Å². The van der Waals surface area contributed by atoms with Crippen LogP contribution in [0.4, 0.5) is 0 Å². The van der Waals surface area contributed by atoms with Crippen LogP contribution in [0.1, 0.15) is 30.9 Å². The lowest BCUT2D eigenvalue weighted by Gasteiger charge is -2.28. The van der Waals surface area contributed by atoms with E-state index in [1.54, 1.807) is 7.11 Å². The fraction of sp³-hybridized carbons (Fsp3) is 0.588. The molecule has 2 unspecified atom stereocenters. The molecule has 2 atom stereocenters. The molecule has 5 heteroatoms. The van der Waals surface area contributed by atoms with Gasteiger partial charge in [-0.1, -0.05) is 30.3 Å². The molecule has 1 aliphatic heterocycles. The summed E-state index contributed by atoms with van der Waals surface area (Å²) in [6, 6.07) is 10.6. The van der Waals surface area contributed by atoms with Crippen LogP contribution in [-0.4, -0.2) is 50.2 Å². The number of carbonyl (C=O) groups is 1. The van der Waals surface area contributed by atoms with Gasteiger partial charge in [-0.3, -0.25) is 9.69 Å². The van der Waals surface area contributed by atoms with E-state index in [-0.39, 0.29) is 18.1 Å². The minimum absolute atomic E-state index is 0.00238. The van der Waals surface area contributed by atoms with Crippen molar-refractivity contribution < 1.29 is 9.53 Å². The molecule has 1 heterocycles. The summed E-state index contributed by atoms with van der Waals surface area (Å²) < 4.78 is 5.17. The highest BCUT2D eigenvalue weighted by molar-refractivity contribution is 5.76. The van der Waals surface area contributed by atoms with Crippen molar-refractivity contribution in [2.75, 3.05) is 33.3 Å². The van der Waals surface area contributed by atoms with Crippen LogP contribution in [0.25, 0.3) is 0 Å². The first-order chi connectivity index (χ1) is 10.7. The lowest BCUT2D eigenvalue weighted by Crippen LogP contribution is -2.38. The minimum atomic E-state index is -0.207. The first-order valence-corrected chi connectivity index (χ1v) is 8.03. The highest BCUT2D eigenvalue weighted by Crippen LogP contribution is 2.24. The molecule has 5 nitrogen and oxygen atoms in total. The molecule has 0 radical (unpaired) electrons. The van der Waals surface area contributed by atoms with Crippen LogP contribution < -0.4 is 11.1 Å². The number of carbonyl (C=O) groups excluding carboxylic acids is 1. The van der Waals surface area contributed by atoms with Gasteiger partial charge < -0.3 is 15.8 Å². The van der Waals surface area contributed by atoms with Crippen molar-refractivity contribution in [2.24, 2.45) is 5.73 Å². The molecule has 0 aromatic heterocycles. The van der Waals surface area contributed by atoms with Gasteiger partial charge in [-0.25, -0.2) is 0 Å². The van der Waals surface area contributed by atoms with Gasteiger partial charge in [0.2, 0.25) is 5.91 Å². The third-order valence-corrected chi connectivity index (χ3v) is 4.27. The van der Waals surface area contributed by atoms with Crippen molar-refractivity contribution in [3.05, 3.63) is 35.9 Å². The number of ether oxygens (including phenoxy) is 1. The second-order valence-electron chi connectivity index (χ2n) is 5.77. The smallest absolute Gasteiger partial charge is 0.222 e. The van der Waals surface area contributed by atoms with E-state index in [4.69, 9.17) is 10.5 Å².